The number of aromatic nitrogens is 2. The van der Waals surface area contributed by atoms with Crippen LogP contribution in [-0.4, -0.2) is 29.6 Å². The molecule has 2 aromatic carbocycles. The van der Waals surface area contributed by atoms with Gasteiger partial charge in [0.15, 0.2) is 5.78 Å². The number of nitriles is 1. The Morgan fingerprint density at radius 2 is 1.87 bits per heavy atom. The van der Waals surface area contributed by atoms with E-state index in [4.69, 9.17) is 9.47 Å². The predicted octanol–water partition coefficient (Wildman–Crippen LogP) is 4.83. The number of Topliss-reactive ketones (excluding diaryl/α,β-unsaturated/α-hetero) is 1. The van der Waals surface area contributed by atoms with E-state index >= 15 is 0 Å². The number of benzene rings is 2. The van der Waals surface area contributed by atoms with Gasteiger partial charge in [0, 0.05) is 18.6 Å². The molecular weight excluding hydrogens is 378 g/mol. The van der Waals surface area contributed by atoms with Crippen molar-refractivity contribution in [2.75, 3.05) is 14.2 Å². The molecule has 0 bridgehead atoms. The third-order valence-corrected chi connectivity index (χ3v) is 5.77. The molecule has 0 radical (unpaired) electrons. The van der Waals surface area contributed by atoms with Gasteiger partial charge in [0.2, 0.25) is 0 Å². The van der Waals surface area contributed by atoms with Crippen LogP contribution in [0.15, 0.2) is 36.7 Å². The van der Waals surface area contributed by atoms with E-state index in [9.17, 15) is 10.1 Å². The lowest BCUT2D eigenvalue weighted by Gasteiger charge is -2.17. The molecule has 0 amide bonds. The third kappa shape index (κ3) is 3.52. The fraction of sp³-hybridized carbons (Fsp3) is 0.375. The van der Waals surface area contributed by atoms with E-state index < -0.39 is 5.41 Å². The summed E-state index contributed by atoms with van der Waals surface area (Å²) in [6.45, 7) is 3.77. The lowest BCUT2D eigenvalue weighted by Crippen LogP contribution is -2.13. The van der Waals surface area contributed by atoms with E-state index in [2.05, 4.69) is 11.1 Å². The van der Waals surface area contributed by atoms with Gasteiger partial charge in [-0.2, -0.15) is 5.26 Å². The zero-order valence-electron chi connectivity index (χ0n) is 17.7. The van der Waals surface area contributed by atoms with Crippen molar-refractivity contribution in [3.05, 3.63) is 47.8 Å². The molecule has 0 aliphatic heterocycles. The van der Waals surface area contributed by atoms with Crippen LogP contribution >= 0.6 is 0 Å². The molecule has 0 N–H and O–H groups in total. The summed E-state index contributed by atoms with van der Waals surface area (Å²) >= 11 is 0. The van der Waals surface area contributed by atoms with Crippen molar-refractivity contribution in [1.29, 1.82) is 5.26 Å². The molecule has 6 heteroatoms. The molecule has 1 fully saturated rings. The number of carbonyl (C=O) groups is 1. The number of hydrogen-bond acceptors (Lipinski definition) is 5. The average Bonchev–Trinajstić information content (AvgIpc) is 3.47. The number of imidazole rings is 1. The Bertz CT molecular complexity index is 1140. The predicted molar refractivity (Wildman–Crippen MR) is 114 cm³/mol. The lowest BCUT2D eigenvalue weighted by atomic mass is 9.86. The van der Waals surface area contributed by atoms with Gasteiger partial charge in [0.05, 0.1) is 42.4 Å². The van der Waals surface area contributed by atoms with Crippen LogP contribution in [0, 0.1) is 17.2 Å². The maximum Gasteiger partial charge on any atom is 0.170 e. The largest absolute Gasteiger partial charge is 0.496 e. The van der Waals surface area contributed by atoms with Crippen LogP contribution in [0.2, 0.25) is 0 Å². The molecule has 1 aliphatic carbocycles. The summed E-state index contributed by atoms with van der Waals surface area (Å²) in [5.41, 5.74) is 3.31. The summed E-state index contributed by atoms with van der Waals surface area (Å²) in [7, 11) is 3.13. The molecular formula is C24H25N3O3. The van der Waals surface area contributed by atoms with E-state index in [0.29, 0.717) is 29.4 Å². The van der Waals surface area contributed by atoms with Crippen molar-refractivity contribution < 1.29 is 14.3 Å². The van der Waals surface area contributed by atoms with Gasteiger partial charge in [-0.3, -0.25) is 9.36 Å². The Balaban J connectivity index is 1.79. The van der Waals surface area contributed by atoms with E-state index in [-0.39, 0.29) is 5.78 Å². The number of hydrogen-bond donors (Lipinski definition) is 0. The van der Waals surface area contributed by atoms with E-state index in [1.165, 1.54) is 0 Å². The van der Waals surface area contributed by atoms with E-state index in [1.807, 2.05) is 48.7 Å². The first kappa shape index (κ1) is 20.0. The van der Waals surface area contributed by atoms with E-state index in [1.54, 1.807) is 20.5 Å². The molecule has 4 rings (SSSR count). The van der Waals surface area contributed by atoms with Gasteiger partial charge in [-0.1, -0.05) is 6.07 Å². The Kier molecular flexibility index (Phi) is 4.98. The number of methoxy groups -OCH3 is 2. The summed E-state index contributed by atoms with van der Waals surface area (Å²) < 4.78 is 13.1. The Labute approximate surface area is 176 Å². The number of fused-ring (bicyclic) bond motifs is 1. The second kappa shape index (κ2) is 7.49. The van der Waals surface area contributed by atoms with Crippen LogP contribution < -0.4 is 9.47 Å². The second-order valence-electron chi connectivity index (χ2n) is 8.35. The SMILES string of the molecule is COc1cc(-n2cnc3cc(C(C)(C)C#N)ccc32)cc(OC)c1C(=O)CC1CC1. The zero-order valence-corrected chi connectivity index (χ0v) is 17.7. The standard InChI is InChI=1S/C24H25N3O3/c1-24(2,13-25)16-7-8-19-18(10-16)26-14-27(19)17-11-21(29-3)23(22(12-17)30-4)20(28)9-15-5-6-15/h7-8,10-12,14-15H,5-6,9H2,1-4H3. The normalized spacial score (nSPS) is 13.8. The Hall–Kier alpha value is -3.33. The van der Waals surface area contributed by atoms with E-state index in [0.717, 1.165) is 35.1 Å². The van der Waals surface area contributed by atoms with Crippen LogP contribution in [-0.2, 0) is 5.41 Å². The first-order valence-corrected chi connectivity index (χ1v) is 10.1. The van der Waals surface area contributed by atoms with Gasteiger partial charge < -0.3 is 9.47 Å². The minimum absolute atomic E-state index is 0.0524. The minimum Gasteiger partial charge on any atom is -0.496 e. The van der Waals surface area contributed by atoms with Crippen LogP contribution in [0.1, 0.15) is 49.0 Å². The smallest absolute Gasteiger partial charge is 0.170 e. The number of ether oxygens (including phenoxy) is 2. The highest BCUT2D eigenvalue weighted by Crippen LogP contribution is 2.39. The average molecular weight is 403 g/mol. The monoisotopic (exact) mass is 403 g/mol. The first-order chi connectivity index (χ1) is 14.4. The number of carbonyl (C=O) groups excluding carboxylic acids is 1. The Morgan fingerprint density at radius 1 is 1.20 bits per heavy atom. The van der Waals surface area contributed by atoms with Crippen molar-refractivity contribution >= 4 is 16.8 Å². The maximum absolute atomic E-state index is 12.8. The molecule has 1 heterocycles. The second-order valence-corrected chi connectivity index (χ2v) is 8.35. The molecule has 0 atom stereocenters. The molecule has 1 aliphatic rings. The molecule has 154 valence electrons. The highest BCUT2D eigenvalue weighted by molar-refractivity contribution is 6.02. The highest BCUT2D eigenvalue weighted by atomic mass is 16.5. The van der Waals surface area contributed by atoms with Crippen molar-refractivity contribution in [3.8, 4) is 23.3 Å². The van der Waals surface area contributed by atoms with Gasteiger partial charge in [0.1, 0.15) is 23.4 Å². The van der Waals surface area contributed by atoms with Crippen molar-refractivity contribution in [2.24, 2.45) is 5.92 Å². The number of nitrogens with zero attached hydrogens (tertiary/aromatic N) is 3. The molecule has 30 heavy (non-hydrogen) atoms. The molecule has 6 nitrogen and oxygen atoms in total. The van der Waals surface area contributed by atoms with Crippen LogP contribution in [0.25, 0.3) is 16.7 Å². The zero-order chi connectivity index (χ0) is 21.5. The third-order valence-electron chi connectivity index (χ3n) is 5.77. The quantitative estimate of drug-likeness (QED) is 0.528. The van der Waals surface area contributed by atoms with Crippen LogP contribution in [0.3, 0.4) is 0 Å². The van der Waals surface area contributed by atoms with Gasteiger partial charge in [-0.05, 0) is 50.3 Å². The minimum atomic E-state index is -0.589. The van der Waals surface area contributed by atoms with Gasteiger partial charge in [0.25, 0.3) is 0 Å². The van der Waals surface area contributed by atoms with Crippen molar-refractivity contribution in [1.82, 2.24) is 9.55 Å². The van der Waals surface area contributed by atoms with Crippen molar-refractivity contribution in [3.63, 3.8) is 0 Å². The molecule has 1 saturated carbocycles. The summed E-state index contributed by atoms with van der Waals surface area (Å²) in [5, 5.41) is 9.42. The van der Waals surface area contributed by atoms with Crippen molar-refractivity contribution in [2.45, 2.75) is 38.5 Å². The molecule has 0 saturated heterocycles. The fourth-order valence-electron chi connectivity index (χ4n) is 3.67. The highest BCUT2D eigenvalue weighted by Gasteiger charge is 2.29. The lowest BCUT2D eigenvalue weighted by molar-refractivity contribution is 0.0970. The van der Waals surface area contributed by atoms with Crippen LogP contribution in [0.4, 0.5) is 0 Å². The summed E-state index contributed by atoms with van der Waals surface area (Å²) in [6, 6.07) is 11.9. The number of rotatable bonds is 7. The molecule has 1 aromatic heterocycles. The van der Waals surface area contributed by atoms with Crippen LogP contribution in [0.5, 0.6) is 11.5 Å². The molecule has 0 spiro atoms. The first-order valence-electron chi connectivity index (χ1n) is 10.1. The Morgan fingerprint density at radius 3 is 2.43 bits per heavy atom. The van der Waals surface area contributed by atoms with Gasteiger partial charge >= 0.3 is 0 Å². The summed E-state index contributed by atoms with van der Waals surface area (Å²) in [6.07, 6.45) is 4.48. The van der Waals surface area contributed by atoms with Gasteiger partial charge in [-0.25, -0.2) is 4.98 Å². The maximum atomic E-state index is 12.8. The fourth-order valence-corrected chi connectivity index (χ4v) is 3.67. The topological polar surface area (TPSA) is 77.1 Å². The molecule has 3 aromatic rings. The van der Waals surface area contributed by atoms with Gasteiger partial charge in [-0.15, -0.1) is 0 Å². The summed E-state index contributed by atoms with van der Waals surface area (Å²) in [5.74, 6) is 1.53. The number of ketones is 1. The molecule has 0 unspecified atom stereocenters. The summed E-state index contributed by atoms with van der Waals surface area (Å²) in [4.78, 5) is 17.3.